The Hall–Kier alpha value is -2.47. The third-order valence-corrected chi connectivity index (χ3v) is 6.29. The summed E-state index contributed by atoms with van der Waals surface area (Å²) >= 11 is 0. The summed E-state index contributed by atoms with van der Waals surface area (Å²) in [6, 6.07) is 9.59. The second-order valence-electron chi connectivity index (χ2n) is 6.77. The van der Waals surface area contributed by atoms with Gasteiger partial charge in [-0.25, -0.2) is 8.42 Å². The second kappa shape index (κ2) is 8.58. The molecule has 1 heterocycles. The normalized spacial score (nSPS) is 15.4. The molecule has 0 radical (unpaired) electrons. The summed E-state index contributed by atoms with van der Waals surface area (Å²) in [7, 11) is -4.40. The van der Waals surface area contributed by atoms with Crippen LogP contribution in [-0.4, -0.2) is 44.8 Å². The average molecular weight is 469 g/mol. The Morgan fingerprint density at radius 2 is 1.48 bits per heavy atom. The van der Waals surface area contributed by atoms with Gasteiger partial charge in [-0.15, -0.1) is 0 Å². The first-order valence-corrected chi connectivity index (χ1v) is 10.4. The molecule has 0 saturated heterocycles. The van der Waals surface area contributed by atoms with E-state index < -0.39 is 52.0 Å². The van der Waals surface area contributed by atoms with Gasteiger partial charge in [0.05, 0.1) is 0 Å². The van der Waals surface area contributed by atoms with Crippen LogP contribution in [-0.2, 0) is 23.0 Å². The zero-order valence-electron chi connectivity index (χ0n) is 15.8. The van der Waals surface area contributed by atoms with E-state index in [0.29, 0.717) is 6.42 Å². The van der Waals surface area contributed by atoms with E-state index in [4.69, 9.17) is 0 Å². The molecule has 3 rings (SSSR count). The lowest BCUT2D eigenvalue weighted by Crippen LogP contribution is -2.36. The number of nitrogens with zero attached hydrogens (tertiary/aromatic N) is 1. The minimum Gasteiger partial charge on any atom is -0.484 e. The number of benzene rings is 2. The van der Waals surface area contributed by atoms with Gasteiger partial charge in [0.1, 0.15) is 16.4 Å². The van der Waals surface area contributed by atoms with E-state index in [1.54, 1.807) is 18.2 Å². The van der Waals surface area contributed by atoms with Crippen LogP contribution < -0.4 is 9.47 Å². The van der Waals surface area contributed by atoms with Crippen LogP contribution in [0, 0.1) is 0 Å². The Morgan fingerprint density at radius 3 is 2.13 bits per heavy atom. The van der Waals surface area contributed by atoms with Crippen LogP contribution in [0.15, 0.2) is 47.4 Å². The molecule has 0 amide bonds. The summed E-state index contributed by atoms with van der Waals surface area (Å²) in [6.45, 7) is -3.44. The summed E-state index contributed by atoms with van der Waals surface area (Å²) in [4.78, 5) is -0.698. The molecular weight excluding hydrogens is 452 g/mol. The quantitative estimate of drug-likeness (QED) is 0.592. The molecule has 0 N–H and O–H groups in total. The average Bonchev–Trinajstić information content (AvgIpc) is 2.69. The lowest BCUT2D eigenvalue weighted by molar-refractivity contribution is -0.154. The molecule has 170 valence electrons. The largest absolute Gasteiger partial charge is 0.484 e. The molecule has 2 aromatic rings. The lowest BCUT2D eigenvalue weighted by atomic mass is 10.0. The van der Waals surface area contributed by atoms with Crippen LogP contribution in [0.25, 0.3) is 0 Å². The van der Waals surface area contributed by atoms with Crippen LogP contribution in [0.3, 0.4) is 0 Å². The Morgan fingerprint density at radius 1 is 0.871 bits per heavy atom. The molecule has 5 nitrogen and oxygen atoms in total. The van der Waals surface area contributed by atoms with E-state index in [2.05, 4.69) is 9.47 Å². The molecule has 0 aliphatic carbocycles. The monoisotopic (exact) mass is 469 g/mol. The fraction of sp³-hybridized carbons (Fsp3) is 0.368. The van der Waals surface area contributed by atoms with Crippen molar-refractivity contribution in [1.29, 1.82) is 0 Å². The predicted molar refractivity (Wildman–Crippen MR) is 97.3 cm³/mol. The number of halogens is 6. The van der Waals surface area contributed by atoms with Crippen molar-refractivity contribution in [2.75, 3.05) is 19.8 Å². The van der Waals surface area contributed by atoms with Gasteiger partial charge in [0.25, 0.3) is 0 Å². The Balaban J connectivity index is 1.94. The zero-order valence-corrected chi connectivity index (χ0v) is 16.6. The third kappa shape index (κ3) is 6.03. The zero-order chi connectivity index (χ0) is 22.9. The van der Waals surface area contributed by atoms with Crippen molar-refractivity contribution in [3.63, 3.8) is 0 Å². The number of hydrogen-bond donors (Lipinski definition) is 0. The maximum Gasteiger partial charge on any atom is 0.422 e. The summed E-state index contributed by atoms with van der Waals surface area (Å²) < 4.78 is 112. The number of rotatable bonds is 6. The van der Waals surface area contributed by atoms with Crippen LogP contribution in [0.2, 0.25) is 0 Å². The van der Waals surface area contributed by atoms with E-state index in [0.717, 1.165) is 33.6 Å². The first-order chi connectivity index (χ1) is 14.4. The van der Waals surface area contributed by atoms with E-state index in [-0.39, 0.29) is 13.1 Å². The van der Waals surface area contributed by atoms with Crippen LogP contribution >= 0.6 is 0 Å². The highest BCUT2D eigenvalue weighted by atomic mass is 32.2. The predicted octanol–water partition coefficient (Wildman–Crippen LogP) is 4.32. The molecule has 0 atom stereocenters. The Labute approximate surface area is 174 Å². The van der Waals surface area contributed by atoms with Crippen molar-refractivity contribution < 1.29 is 44.2 Å². The SMILES string of the molecule is O=S(=O)(c1cc(OCC(F)(F)F)ccc1OCC(F)(F)F)N1CCc2ccccc2C1. The van der Waals surface area contributed by atoms with Gasteiger partial charge in [-0.1, -0.05) is 24.3 Å². The lowest BCUT2D eigenvalue weighted by Gasteiger charge is -2.29. The van der Waals surface area contributed by atoms with Gasteiger partial charge >= 0.3 is 12.4 Å². The van der Waals surface area contributed by atoms with Gasteiger partial charge in [-0.05, 0) is 29.7 Å². The van der Waals surface area contributed by atoms with Gasteiger partial charge in [0.15, 0.2) is 13.2 Å². The maximum absolute atomic E-state index is 13.2. The number of ether oxygens (including phenoxy) is 2. The van der Waals surface area contributed by atoms with E-state index in [9.17, 15) is 34.8 Å². The third-order valence-electron chi connectivity index (χ3n) is 4.42. The number of alkyl halides is 6. The fourth-order valence-electron chi connectivity index (χ4n) is 3.04. The standard InChI is InChI=1S/C19H17F6NO4S/c20-18(21,22)11-29-15-5-6-16(30-12-19(23,24)25)17(9-15)31(27,28)26-8-7-13-3-1-2-4-14(13)10-26/h1-6,9H,7-8,10-12H2. The molecule has 0 aromatic heterocycles. The number of sulfonamides is 1. The van der Waals surface area contributed by atoms with Crippen LogP contribution in [0.1, 0.15) is 11.1 Å². The fourth-order valence-corrected chi connectivity index (χ4v) is 4.60. The van der Waals surface area contributed by atoms with E-state index in [1.165, 1.54) is 0 Å². The minimum atomic E-state index is -4.74. The molecule has 2 aromatic carbocycles. The molecule has 0 saturated carbocycles. The van der Waals surface area contributed by atoms with Crippen LogP contribution in [0.4, 0.5) is 26.3 Å². The van der Waals surface area contributed by atoms with E-state index >= 15 is 0 Å². The molecular formula is C19H17F6NO4S. The highest BCUT2D eigenvalue weighted by molar-refractivity contribution is 7.89. The van der Waals surface area contributed by atoms with Gasteiger partial charge in [0, 0.05) is 19.2 Å². The molecule has 0 bridgehead atoms. The summed E-state index contributed by atoms with van der Waals surface area (Å²) in [5.74, 6) is -1.09. The van der Waals surface area contributed by atoms with Crippen LogP contribution in [0.5, 0.6) is 11.5 Å². The molecule has 0 spiro atoms. The van der Waals surface area contributed by atoms with Crippen molar-refractivity contribution in [3.05, 3.63) is 53.6 Å². The summed E-state index contributed by atoms with van der Waals surface area (Å²) in [6.07, 6.45) is -9.05. The first-order valence-electron chi connectivity index (χ1n) is 8.95. The number of fused-ring (bicyclic) bond motifs is 1. The molecule has 0 unspecified atom stereocenters. The molecule has 0 fully saturated rings. The van der Waals surface area contributed by atoms with E-state index in [1.807, 2.05) is 6.07 Å². The second-order valence-corrected chi connectivity index (χ2v) is 8.68. The van der Waals surface area contributed by atoms with Crippen molar-refractivity contribution in [2.45, 2.75) is 30.2 Å². The van der Waals surface area contributed by atoms with Gasteiger partial charge < -0.3 is 9.47 Å². The summed E-state index contributed by atoms with van der Waals surface area (Å²) in [5.41, 5.74) is 1.66. The highest BCUT2D eigenvalue weighted by Crippen LogP contribution is 2.34. The molecule has 31 heavy (non-hydrogen) atoms. The van der Waals surface area contributed by atoms with Crippen molar-refractivity contribution in [1.82, 2.24) is 4.31 Å². The van der Waals surface area contributed by atoms with Gasteiger partial charge in [-0.3, -0.25) is 0 Å². The Kier molecular flexibility index (Phi) is 6.42. The van der Waals surface area contributed by atoms with Crippen molar-refractivity contribution in [2.24, 2.45) is 0 Å². The first kappa shape index (κ1) is 23.2. The maximum atomic E-state index is 13.2. The minimum absolute atomic E-state index is 0.0369. The van der Waals surface area contributed by atoms with Crippen molar-refractivity contribution >= 4 is 10.0 Å². The van der Waals surface area contributed by atoms with Crippen molar-refractivity contribution in [3.8, 4) is 11.5 Å². The van der Waals surface area contributed by atoms with Gasteiger partial charge in [0.2, 0.25) is 10.0 Å². The smallest absolute Gasteiger partial charge is 0.422 e. The highest BCUT2D eigenvalue weighted by Gasteiger charge is 2.34. The Bertz CT molecular complexity index is 1040. The summed E-state index contributed by atoms with van der Waals surface area (Å²) in [5, 5.41) is 0. The molecule has 12 heteroatoms. The topological polar surface area (TPSA) is 55.8 Å². The molecule has 1 aliphatic rings. The number of hydrogen-bond acceptors (Lipinski definition) is 4. The molecule has 1 aliphatic heterocycles. The van der Waals surface area contributed by atoms with Gasteiger partial charge in [-0.2, -0.15) is 30.6 Å².